The van der Waals surface area contributed by atoms with Crippen molar-refractivity contribution in [3.8, 4) is 11.1 Å². The van der Waals surface area contributed by atoms with Crippen molar-refractivity contribution >= 4 is 5.97 Å². The van der Waals surface area contributed by atoms with E-state index in [1.165, 1.54) is 6.07 Å². The highest BCUT2D eigenvalue weighted by Crippen LogP contribution is 2.21. The van der Waals surface area contributed by atoms with Crippen molar-refractivity contribution in [3.05, 3.63) is 59.7 Å². The number of hydrogen-bond acceptors (Lipinski definition) is 2. The fourth-order valence-corrected chi connectivity index (χ4v) is 1.69. The topological polar surface area (TPSA) is 26.3 Å². The van der Waals surface area contributed by atoms with E-state index >= 15 is 0 Å². The predicted molar refractivity (Wildman–Crippen MR) is 63.1 cm³/mol. The molecule has 0 aliphatic carbocycles. The summed E-state index contributed by atoms with van der Waals surface area (Å²) >= 11 is 0. The average molecular weight is 230 g/mol. The van der Waals surface area contributed by atoms with Gasteiger partial charge in [-0.25, -0.2) is 9.74 Å². The fraction of sp³-hybridized carbons (Fsp3) is 0.0714. The third-order valence-electron chi connectivity index (χ3n) is 2.52. The Hall–Kier alpha value is -2.16. The molecule has 17 heavy (non-hydrogen) atoms. The molecule has 2 nitrogen and oxygen atoms in total. The minimum atomic E-state index is -0.973. The van der Waals surface area contributed by atoms with E-state index in [1.807, 2.05) is 37.3 Å². The van der Waals surface area contributed by atoms with Crippen LogP contribution in [0.5, 0.6) is 0 Å². The first-order valence-corrected chi connectivity index (χ1v) is 5.21. The van der Waals surface area contributed by atoms with Crippen molar-refractivity contribution in [1.29, 1.82) is 0 Å². The van der Waals surface area contributed by atoms with E-state index in [4.69, 9.17) is 0 Å². The lowest BCUT2D eigenvalue weighted by Crippen LogP contribution is -1.98. The molecule has 0 aromatic heterocycles. The maximum atomic E-state index is 11.8. The van der Waals surface area contributed by atoms with Gasteiger partial charge >= 0.3 is 5.97 Å². The van der Waals surface area contributed by atoms with Gasteiger partial charge in [-0.05, 0) is 30.2 Å². The molecule has 3 heteroatoms. The molecule has 0 saturated heterocycles. The lowest BCUT2D eigenvalue weighted by Gasteiger charge is -2.04. The summed E-state index contributed by atoms with van der Waals surface area (Å²) in [6, 6.07) is 14.5. The number of benzene rings is 2. The van der Waals surface area contributed by atoms with Gasteiger partial charge in [-0.15, -0.1) is 0 Å². The maximum absolute atomic E-state index is 11.8. The fourth-order valence-electron chi connectivity index (χ4n) is 1.69. The van der Waals surface area contributed by atoms with Gasteiger partial charge in [0.05, 0.1) is 5.56 Å². The van der Waals surface area contributed by atoms with Gasteiger partial charge in [-0.1, -0.05) is 42.0 Å². The second-order valence-corrected chi connectivity index (χ2v) is 3.81. The summed E-state index contributed by atoms with van der Waals surface area (Å²) in [5, 5.41) is 0. The third kappa shape index (κ3) is 2.50. The molecule has 0 spiro atoms. The molecule has 0 saturated carbocycles. The molecular weight excluding hydrogens is 219 g/mol. The number of halogens is 1. The van der Waals surface area contributed by atoms with E-state index in [2.05, 4.69) is 4.94 Å². The van der Waals surface area contributed by atoms with Crippen LogP contribution in [0.25, 0.3) is 11.1 Å². The van der Waals surface area contributed by atoms with Crippen molar-refractivity contribution in [3.63, 3.8) is 0 Å². The van der Waals surface area contributed by atoms with Crippen LogP contribution in [0.1, 0.15) is 15.9 Å². The van der Waals surface area contributed by atoms with Gasteiger partial charge in [-0.3, -0.25) is 0 Å². The number of aryl methyl sites for hydroxylation is 1. The molecule has 0 fully saturated rings. The zero-order valence-electron chi connectivity index (χ0n) is 9.31. The van der Waals surface area contributed by atoms with Crippen LogP contribution < -0.4 is 0 Å². The second-order valence-electron chi connectivity index (χ2n) is 3.81. The smallest absolute Gasteiger partial charge is 0.249 e. The maximum Gasteiger partial charge on any atom is 0.379 e. The van der Waals surface area contributed by atoms with Crippen LogP contribution in [0.2, 0.25) is 0 Å². The first-order chi connectivity index (χ1) is 8.20. The van der Waals surface area contributed by atoms with Crippen molar-refractivity contribution in [2.24, 2.45) is 0 Å². The third-order valence-corrected chi connectivity index (χ3v) is 2.52. The summed E-state index contributed by atoms with van der Waals surface area (Å²) in [5.41, 5.74) is 3.17. The van der Waals surface area contributed by atoms with E-state index in [-0.39, 0.29) is 5.56 Å². The Labute approximate surface area is 98.6 Å². The summed E-state index contributed by atoms with van der Waals surface area (Å²) in [6.45, 7) is 1.99. The number of hydrogen-bond donors (Lipinski definition) is 0. The van der Waals surface area contributed by atoms with Crippen LogP contribution in [-0.2, 0) is 4.94 Å². The van der Waals surface area contributed by atoms with Gasteiger partial charge in [-0.2, -0.15) is 0 Å². The lowest BCUT2D eigenvalue weighted by atomic mass is 10.0. The second kappa shape index (κ2) is 4.78. The first-order valence-electron chi connectivity index (χ1n) is 5.21. The van der Waals surface area contributed by atoms with Gasteiger partial charge < -0.3 is 0 Å². The summed E-state index contributed by atoms with van der Waals surface area (Å²) in [7, 11) is 0. The first kappa shape index (κ1) is 11.3. The van der Waals surface area contributed by atoms with Crippen LogP contribution in [-0.4, -0.2) is 5.97 Å². The molecule has 0 atom stereocenters. The van der Waals surface area contributed by atoms with E-state index in [1.54, 1.807) is 12.1 Å². The SMILES string of the molecule is Cc1cccc(-c2cccc(C(=O)OF)c2)c1. The van der Waals surface area contributed by atoms with Crippen LogP contribution in [0.15, 0.2) is 48.5 Å². The van der Waals surface area contributed by atoms with E-state index in [9.17, 15) is 9.32 Å². The highest BCUT2D eigenvalue weighted by atomic mass is 19.3. The molecule has 2 rings (SSSR count). The number of carbonyl (C=O) groups excluding carboxylic acids is 1. The highest BCUT2D eigenvalue weighted by Gasteiger charge is 2.08. The Morgan fingerprint density at radius 2 is 1.71 bits per heavy atom. The normalized spacial score (nSPS) is 10.0. The summed E-state index contributed by atoms with van der Waals surface area (Å²) in [6.07, 6.45) is 0. The quantitative estimate of drug-likeness (QED) is 0.786. The molecule has 0 unspecified atom stereocenters. The summed E-state index contributed by atoms with van der Waals surface area (Å²) in [5.74, 6) is -0.973. The molecule has 0 N–H and O–H groups in total. The minimum absolute atomic E-state index is 0.200. The predicted octanol–water partition coefficient (Wildman–Crippen LogP) is 3.70. The summed E-state index contributed by atoms with van der Waals surface area (Å²) in [4.78, 5) is 14.3. The van der Waals surface area contributed by atoms with E-state index < -0.39 is 5.97 Å². The van der Waals surface area contributed by atoms with Crippen LogP contribution in [0.4, 0.5) is 4.53 Å². The molecule has 0 aliphatic rings. The lowest BCUT2D eigenvalue weighted by molar-refractivity contribution is -0.0787. The monoisotopic (exact) mass is 230 g/mol. The van der Waals surface area contributed by atoms with Crippen molar-refractivity contribution in [1.82, 2.24) is 0 Å². The molecule has 0 heterocycles. The zero-order valence-corrected chi connectivity index (χ0v) is 9.31. The number of carbonyl (C=O) groups is 1. The zero-order chi connectivity index (χ0) is 12.3. The van der Waals surface area contributed by atoms with E-state index in [0.717, 1.165) is 16.7 Å². The molecule has 0 bridgehead atoms. The van der Waals surface area contributed by atoms with Crippen molar-refractivity contribution in [2.75, 3.05) is 0 Å². The Morgan fingerprint density at radius 1 is 1.06 bits per heavy atom. The molecule has 2 aromatic rings. The molecule has 0 amide bonds. The average Bonchev–Trinajstić information content (AvgIpc) is 2.38. The van der Waals surface area contributed by atoms with Gasteiger partial charge in [0.2, 0.25) is 0 Å². The molecule has 86 valence electrons. The van der Waals surface area contributed by atoms with Gasteiger partial charge in [0, 0.05) is 4.53 Å². The molecule has 0 radical (unpaired) electrons. The summed E-state index contributed by atoms with van der Waals surface area (Å²) < 4.78 is 11.8. The van der Waals surface area contributed by atoms with Gasteiger partial charge in [0.25, 0.3) is 0 Å². The number of rotatable bonds is 2. The largest absolute Gasteiger partial charge is 0.379 e. The van der Waals surface area contributed by atoms with Gasteiger partial charge in [0.15, 0.2) is 0 Å². The standard InChI is InChI=1S/C14H11FO2/c1-10-4-2-5-11(8-10)12-6-3-7-13(9-12)14(16)17-15/h2-9H,1H3. The van der Waals surface area contributed by atoms with E-state index in [0.29, 0.717) is 0 Å². The molecular formula is C14H11FO2. The highest BCUT2D eigenvalue weighted by molar-refractivity contribution is 5.90. The van der Waals surface area contributed by atoms with Gasteiger partial charge in [0.1, 0.15) is 0 Å². The van der Waals surface area contributed by atoms with Crippen molar-refractivity contribution in [2.45, 2.75) is 6.92 Å². The van der Waals surface area contributed by atoms with Crippen LogP contribution in [0.3, 0.4) is 0 Å². The Morgan fingerprint density at radius 3 is 2.35 bits per heavy atom. The molecule has 2 aromatic carbocycles. The Kier molecular flexibility index (Phi) is 3.19. The minimum Gasteiger partial charge on any atom is -0.249 e. The van der Waals surface area contributed by atoms with Crippen LogP contribution >= 0.6 is 0 Å². The Bertz CT molecular complexity index is 549. The molecule has 0 aliphatic heterocycles. The van der Waals surface area contributed by atoms with Crippen molar-refractivity contribution < 1.29 is 14.3 Å². The van der Waals surface area contributed by atoms with Crippen LogP contribution in [0, 0.1) is 6.92 Å². The Balaban J connectivity index is 2.43.